The summed E-state index contributed by atoms with van der Waals surface area (Å²) >= 11 is 2.93. The Balaban J connectivity index is 2.04. The Morgan fingerprint density at radius 2 is 2.38 bits per heavy atom. The smallest absolute Gasteiger partial charge is 0.249 e. The lowest BCUT2D eigenvalue weighted by atomic mass is 10.4. The van der Waals surface area contributed by atoms with Crippen molar-refractivity contribution in [2.45, 2.75) is 11.7 Å². The fourth-order valence-corrected chi connectivity index (χ4v) is 3.40. The first-order valence-corrected chi connectivity index (χ1v) is 7.13. The molecule has 1 fully saturated rings. The molecule has 2 aliphatic heterocycles. The number of carbonyl (C=O) groups excluding carboxylic acids is 2. The minimum Gasteiger partial charge on any atom is -0.330 e. The van der Waals surface area contributed by atoms with E-state index in [0.717, 1.165) is 5.75 Å². The zero-order valence-electron chi connectivity index (χ0n) is 8.72. The molecule has 2 heterocycles. The average Bonchev–Trinajstić information content (AvgIpc) is 2.85. The van der Waals surface area contributed by atoms with Crippen LogP contribution in [0.4, 0.5) is 0 Å². The molecule has 0 aromatic heterocycles. The maximum absolute atomic E-state index is 12.0. The fourth-order valence-electron chi connectivity index (χ4n) is 1.60. The Hall–Kier alpha value is -0.530. The van der Waals surface area contributed by atoms with Gasteiger partial charge >= 0.3 is 0 Å². The van der Waals surface area contributed by atoms with Crippen LogP contribution in [-0.2, 0) is 9.59 Å². The van der Waals surface area contributed by atoms with Crippen LogP contribution in [-0.4, -0.2) is 51.7 Å². The molecular weight excluding hydrogens is 246 g/mol. The average molecular weight is 259 g/mol. The monoisotopic (exact) mass is 259 g/mol. The summed E-state index contributed by atoms with van der Waals surface area (Å²) in [5, 5.41) is 0.311. The number of nitrogens with zero attached hydrogens (tertiary/aromatic N) is 2. The predicted molar refractivity (Wildman–Crippen MR) is 66.5 cm³/mol. The minimum atomic E-state index is -0.264. The molecule has 2 amide bonds. The number of carbonyl (C=O) groups is 2. The number of hydrogen-bond acceptors (Lipinski definition) is 6. The largest absolute Gasteiger partial charge is 0.330 e. The van der Waals surface area contributed by atoms with E-state index in [0.29, 0.717) is 24.0 Å². The number of nitrogens with two attached hydrogens (primary N) is 1. The van der Waals surface area contributed by atoms with Crippen LogP contribution in [0.1, 0.15) is 6.42 Å². The molecule has 1 atom stereocenters. The molecule has 2 N–H and O–H groups in total. The standard InChI is InChI=1S/C9H13N3O2S2/c10-1-3-15-6-5-7(13)12(8(6)14)9-11-2-4-16-9/h6H,1-5,10H2. The highest BCUT2D eigenvalue weighted by molar-refractivity contribution is 8.14. The van der Waals surface area contributed by atoms with Crippen molar-refractivity contribution in [1.82, 2.24) is 4.90 Å². The highest BCUT2D eigenvalue weighted by atomic mass is 32.2. The third-order valence-corrected chi connectivity index (χ3v) is 4.50. The van der Waals surface area contributed by atoms with Crippen molar-refractivity contribution in [3.63, 3.8) is 0 Å². The molecule has 88 valence electrons. The molecule has 5 nitrogen and oxygen atoms in total. The van der Waals surface area contributed by atoms with Crippen LogP contribution in [0.2, 0.25) is 0 Å². The number of thioether (sulfide) groups is 2. The van der Waals surface area contributed by atoms with E-state index in [2.05, 4.69) is 4.99 Å². The van der Waals surface area contributed by atoms with E-state index >= 15 is 0 Å². The van der Waals surface area contributed by atoms with Gasteiger partial charge in [-0.1, -0.05) is 11.8 Å². The Morgan fingerprint density at radius 3 is 3.00 bits per heavy atom. The lowest BCUT2D eigenvalue weighted by Crippen LogP contribution is -2.35. The summed E-state index contributed by atoms with van der Waals surface area (Å²) in [5.74, 6) is 1.30. The Kier molecular flexibility index (Phi) is 3.88. The van der Waals surface area contributed by atoms with Gasteiger partial charge in [-0.3, -0.25) is 14.6 Å². The summed E-state index contributed by atoms with van der Waals surface area (Å²) in [6, 6.07) is 0. The van der Waals surface area contributed by atoms with Crippen LogP contribution in [0, 0.1) is 0 Å². The van der Waals surface area contributed by atoms with Gasteiger partial charge < -0.3 is 5.73 Å². The van der Waals surface area contributed by atoms with Crippen LogP contribution >= 0.6 is 23.5 Å². The molecule has 1 saturated heterocycles. The molecule has 0 aromatic carbocycles. The summed E-state index contributed by atoms with van der Waals surface area (Å²) in [5.41, 5.74) is 5.39. The van der Waals surface area contributed by atoms with Gasteiger partial charge in [-0.05, 0) is 0 Å². The molecule has 0 saturated carbocycles. The van der Waals surface area contributed by atoms with Crippen LogP contribution in [0.15, 0.2) is 4.99 Å². The highest BCUT2D eigenvalue weighted by Gasteiger charge is 2.42. The van der Waals surface area contributed by atoms with Crippen molar-refractivity contribution in [3.8, 4) is 0 Å². The Labute approximate surface area is 102 Å². The third-order valence-electron chi connectivity index (χ3n) is 2.30. The first kappa shape index (κ1) is 11.9. The molecular formula is C9H13N3O2S2. The third kappa shape index (κ3) is 2.26. The van der Waals surface area contributed by atoms with Crippen molar-refractivity contribution >= 4 is 40.5 Å². The van der Waals surface area contributed by atoms with Gasteiger partial charge in [0.05, 0.1) is 11.8 Å². The minimum absolute atomic E-state index is 0.128. The fraction of sp³-hybridized carbons (Fsp3) is 0.667. The van der Waals surface area contributed by atoms with E-state index in [1.807, 2.05) is 0 Å². The van der Waals surface area contributed by atoms with Gasteiger partial charge in [0, 0.05) is 24.5 Å². The Morgan fingerprint density at radius 1 is 1.56 bits per heavy atom. The number of amidine groups is 1. The normalized spacial score (nSPS) is 25.4. The molecule has 0 bridgehead atoms. The zero-order valence-corrected chi connectivity index (χ0v) is 10.4. The van der Waals surface area contributed by atoms with Gasteiger partial charge in [0.1, 0.15) is 0 Å². The van der Waals surface area contributed by atoms with E-state index in [1.54, 1.807) is 0 Å². The lowest BCUT2D eigenvalue weighted by molar-refractivity contribution is -0.133. The van der Waals surface area contributed by atoms with Crippen molar-refractivity contribution in [2.24, 2.45) is 10.7 Å². The Bertz CT molecular complexity index is 346. The molecule has 0 spiro atoms. The van der Waals surface area contributed by atoms with Gasteiger partial charge in [0.25, 0.3) is 0 Å². The van der Waals surface area contributed by atoms with Crippen molar-refractivity contribution in [3.05, 3.63) is 0 Å². The van der Waals surface area contributed by atoms with Crippen molar-refractivity contribution < 1.29 is 9.59 Å². The number of amides is 2. The molecule has 0 aliphatic carbocycles. The van der Waals surface area contributed by atoms with Gasteiger partial charge in [-0.2, -0.15) is 0 Å². The topological polar surface area (TPSA) is 75.8 Å². The molecule has 16 heavy (non-hydrogen) atoms. The second kappa shape index (κ2) is 5.20. The highest BCUT2D eigenvalue weighted by Crippen LogP contribution is 2.28. The first-order valence-electron chi connectivity index (χ1n) is 5.09. The summed E-state index contributed by atoms with van der Waals surface area (Å²) in [6.45, 7) is 1.22. The quantitative estimate of drug-likeness (QED) is 0.717. The van der Waals surface area contributed by atoms with Crippen LogP contribution in [0.25, 0.3) is 0 Å². The van der Waals surface area contributed by atoms with E-state index < -0.39 is 0 Å². The van der Waals surface area contributed by atoms with Gasteiger partial charge in [-0.15, -0.1) is 11.8 Å². The zero-order chi connectivity index (χ0) is 11.5. The second-order valence-corrected chi connectivity index (χ2v) is 5.81. The van der Waals surface area contributed by atoms with E-state index in [-0.39, 0.29) is 23.5 Å². The number of hydrogen-bond donors (Lipinski definition) is 1. The summed E-state index contributed by atoms with van der Waals surface area (Å²) in [7, 11) is 0. The second-order valence-electron chi connectivity index (χ2n) is 3.43. The van der Waals surface area contributed by atoms with E-state index in [9.17, 15) is 9.59 Å². The van der Waals surface area contributed by atoms with Gasteiger partial charge in [0.15, 0.2) is 5.17 Å². The maximum atomic E-state index is 12.0. The molecule has 2 aliphatic rings. The van der Waals surface area contributed by atoms with Crippen molar-refractivity contribution in [2.75, 3.05) is 24.6 Å². The first-order chi connectivity index (χ1) is 7.74. The van der Waals surface area contributed by atoms with Gasteiger partial charge in [0.2, 0.25) is 11.8 Å². The summed E-state index contributed by atoms with van der Waals surface area (Å²) in [4.78, 5) is 29.1. The molecule has 1 unspecified atom stereocenters. The predicted octanol–water partition coefficient (Wildman–Crippen LogP) is -0.0914. The molecule has 7 heteroatoms. The number of aliphatic imine (C=N–C) groups is 1. The number of imide groups is 1. The summed E-state index contributed by atoms with van der Waals surface area (Å²) < 4.78 is 0. The molecule has 0 aromatic rings. The number of likely N-dealkylation sites (tertiary alicyclic amines) is 1. The molecule has 2 rings (SSSR count). The van der Waals surface area contributed by atoms with Crippen LogP contribution < -0.4 is 5.73 Å². The van der Waals surface area contributed by atoms with E-state index in [1.165, 1.54) is 28.4 Å². The lowest BCUT2D eigenvalue weighted by Gasteiger charge is -2.13. The van der Waals surface area contributed by atoms with Gasteiger partial charge in [-0.25, -0.2) is 4.90 Å². The van der Waals surface area contributed by atoms with E-state index in [4.69, 9.17) is 5.73 Å². The van der Waals surface area contributed by atoms with Crippen LogP contribution in [0.5, 0.6) is 0 Å². The summed E-state index contributed by atoms with van der Waals surface area (Å²) in [6.07, 6.45) is 0.281. The maximum Gasteiger partial charge on any atom is 0.249 e. The van der Waals surface area contributed by atoms with Crippen molar-refractivity contribution in [1.29, 1.82) is 0 Å². The SMILES string of the molecule is NCCSC1CC(=O)N(C2=NCCS2)C1=O. The van der Waals surface area contributed by atoms with Crippen LogP contribution in [0.3, 0.4) is 0 Å². The number of rotatable bonds is 3. The molecule has 0 radical (unpaired) electrons.